The van der Waals surface area contributed by atoms with Gasteiger partial charge in [0.25, 0.3) is 0 Å². The summed E-state index contributed by atoms with van der Waals surface area (Å²) in [6.45, 7) is 2.87. The molecule has 0 radical (unpaired) electrons. The fraction of sp³-hybridized carbons (Fsp3) is 0.375. The predicted molar refractivity (Wildman–Crippen MR) is 90.9 cm³/mol. The first kappa shape index (κ1) is 20.0. The second kappa shape index (κ2) is 8.35. The van der Waals surface area contributed by atoms with E-state index in [0.29, 0.717) is 13.1 Å². The Morgan fingerprint density at radius 3 is 2.48 bits per heavy atom. The zero-order valence-corrected chi connectivity index (χ0v) is 14.7. The van der Waals surface area contributed by atoms with Crippen LogP contribution in [-0.2, 0) is 0 Å². The second-order valence-corrected chi connectivity index (χ2v) is 6.26. The Balaban J connectivity index is 0.00000225. The smallest absolute Gasteiger partial charge is 0.406 e. The molecule has 1 aliphatic heterocycles. The average Bonchev–Trinajstić information content (AvgIpc) is 3.04. The lowest BCUT2D eigenvalue weighted by atomic mass is 9.98. The summed E-state index contributed by atoms with van der Waals surface area (Å²) in [6.07, 6.45) is -4.80. The number of benzene rings is 1. The molecule has 0 spiro atoms. The van der Waals surface area contributed by atoms with Gasteiger partial charge < -0.3 is 10.1 Å². The van der Waals surface area contributed by atoms with Crippen molar-refractivity contribution in [3.63, 3.8) is 0 Å². The van der Waals surface area contributed by atoms with Gasteiger partial charge in [0.15, 0.2) is 0 Å². The maximum absolute atomic E-state index is 14.4. The van der Waals surface area contributed by atoms with Gasteiger partial charge in [-0.25, -0.2) is 4.39 Å². The number of nitrogens with one attached hydrogen (secondary N) is 1. The first-order valence-electron chi connectivity index (χ1n) is 7.46. The van der Waals surface area contributed by atoms with Crippen LogP contribution in [-0.4, -0.2) is 37.4 Å². The summed E-state index contributed by atoms with van der Waals surface area (Å²) in [7, 11) is 0. The lowest BCUT2D eigenvalue weighted by Gasteiger charge is -2.35. The molecule has 25 heavy (non-hydrogen) atoms. The third kappa shape index (κ3) is 5.07. The number of rotatable bonds is 4. The van der Waals surface area contributed by atoms with Gasteiger partial charge >= 0.3 is 6.36 Å². The van der Waals surface area contributed by atoms with E-state index in [-0.39, 0.29) is 18.0 Å². The van der Waals surface area contributed by atoms with Gasteiger partial charge in [-0.15, -0.1) is 25.6 Å². The molecule has 0 amide bonds. The fourth-order valence-electron chi connectivity index (χ4n) is 2.89. The van der Waals surface area contributed by atoms with Gasteiger partial charge in [0.2, 0.25) is 0 Å². The van der Waals surface area contributed by atoms with Gasteiger partial charge in [-0.1, -0.05) is 0 Å². The van der Waals surface area contributed by atoms with Crippen molar-refractivity contribution in [1.82, 2.24) is 10.2 Å². The number of alkyl halides is 3. The lowest BCUT2D eigenvalue weighted by molar-refractivity contribution is -0.274. The number of ether oxygens (including phenoxy) is 1. The van der Waals surface area contributed by atoms with Gasteiger partial charge in [-0.05, 0) is 40.6 Å². The molecule has 0 aliphatic carbocycles. The van der Waals surface area contributed by atoms with Crippen LogP contribution in [0.1, 0.15) is 17.2 Å². The molecule has 1 fully saturated rings. The van der Waals surface area contributed by atoms with Gasteiger partial charge in [-0.2, -0.15) is 11.3 Å². The van der Waals surface area contributed by atoms with Crippen molar-refractivity contribution >= 4 is 23.7 Å². The zero-order chi connectivity index (χ0) is 17.2. The number of nitrogens with zero attached hydrogens (tertiary/aromatic N) is 1. The molecule has 1 aromatic carbocycles. The molecule has 1 atom stereocenters. The summed E-state index contributed by atoms with van der Waals surface area (Å²) >= 11 is 1.47. The van der Waals surface area contributed by atoms with Crippen molar-refractivity contribution < 1.29 is 22.3 Å². The highest BCUT2D eigenvalue weighted by atomic mass is 35.5. The summed E-state index contributed by atoms with van der Waals surface area (Å²) in [5, 5.41) is 6.98. The molecule has 0 bridgehead atoms. The van der Waals surface area contributed by atoms with Gasteiger partial charge in [0.05, 0.1) is 6.04 Å². The first-order chi connectivity index (χ1) is 11.4. The van der Waals surface area contributed by atoms with E-state index < -0.39 is 24.0 Å². The summed E-state index contributed by atoms with van der Waals surface area (Å²) in [5.41, 5.74) is 1.06. The Labute approximate surface area is 153 Å². The Bertz CT molecular complexity index is 675. The summed E-state index contributed by atoms with van der Waals surface area (Å²) in [6, 6.07) is 4.60. The van der Waals surface area contributed by atoms with Crippen molar-refractivity contribution in [2.24, 2.45) is 0 Å². The Morgan fingerprint density at radius 1 is 1.16 bits per heavy atom. The number of piperazine rings is 1. The molecular weight excluding hydrogens is 380 g/mol. The Kier molecular flexibility index (Phi) is 6.67. The van der Waals surface area contributed by atoms with E-state index >= 15 is 0 Å². The second-order valence-electron chi connectivity index (χ2n) is 5.48. The van der Waals surface area contributed by atoms with Crippen LogP contribution in [0, 0.1) is 5.82 Å². The fourth-order valence-corrected chi connectivity index (χ4v) is 3.57. The minimum absolute atomic E-state index is 0. The topological polar surface area (TPSA) is 24.5 Å². The molecule has 0 saturated carbocycles. The van der Waals surface area contributed by atoms with E-state index in [2.05, 4.69) is 15.0 Å². The molecule has 2 heterocycles. The van der Waals surface area contributed by atoms with Crippen molar-refractivity contribution in [3.8, 4) is 5.75 Å². The van der Waals surface area contributed by atoms with Crippen LogP contribution in [0.15, 0.2) is 35.0 Å². The maximum atomic E-state index is 14.4. The van der Waals surface area contributed by atoms with Crippen LogP contribution in [0.4, 0.5) is 17.6 Å². The van der Waals surface area contributed by atoms with Crippen LogP contribution in [0.25, 0.3) is 0 Å². The minimum atomic E-state index is -4.80. The van der Waals surface area contributed by atoms with E-state index in [1.165, 1.54) is 11.3 Å². The number of thiophene rings is 1. The van der Waals surface area contributed by atoms with Crippen LogP contribution in [0.5, 0.6) is 5.75 Å². The monoisotopic (exact) mass is 396 g/mol. The molecule has 1 aliphatic rings. The van der Waals surface area contributed by atoms with Gasteiger partial charge in [-0.3, -0.25) is 4.90 Å². The molecule has 1 aromatic heterocycles. The normalized spacial score (nSPS) is 17.0. The average molecular weight is 397 g/mol. The van der Waals surface area contributed by atoms with Crippen LogP contribution < -0.4 is 10.1 Å². The Morgan fingerprint density at radius 2 is 1.88 bits per heavy atom. The quantitative estimate of drug-likeness (QED) is 0.784. The highest BCUT2D eigenvalue weighted by Gasteiger charge is 2.32. The van der Waals surface area contributed by atoms with Crippen LogP contribution in [0.2, 0.25) is 0 Å². The van der Waals surface area contributed by atoms with Crippen molar-refractivity contribution in [3.05, 3.63) is 52.0 Å². The van der Waals surface area contributed by atoms with Gasteiger partial charge in [0.1, 0.15) is 11.6 Å². The van der Waals surface area contributed by atoms with Crippen molar-refractivity contribution in [1.29, 1.82) is 0 Å². The molecule has 3 nitrogen and oxygen atoms in total. The summed E-state index contributed by atoms with van der Waals surface area (Å²) in [5.74, 6) is -0.950. The highest BCUT2D eigenvalue weighted by Crippen LogP contribution is 2.35. The largest absolute Gasteiger partial charge is 0.573 e. The van der Waals surface area contributed by atoms with E-state index in [1.54, 1.807) is 0 Å². The van der Waals surface area contributed by atoms with E-state index in [9.17, 15) is 17.6 Å². The third-order valence-corrected chi connectivity index (χ3v) is 4.57. The minimum Gasteiger partial charge on any atom is -0.406 e. The van der Waals surface area contributed by atoms with E-state index in [1.807, 2.05) is 16.8 Å². The van der Waals surface area contributed by atoms with Crippen molar-refractivity contribution in [2.75, 3.05) is 26.2 Å². The number of hydrogen-bond donors (Lipinski definition) is 1. The molecule has 0 unspecified atom stereocenters. The standard InChI is InChI=1S/C16H16F4N2OS.ClH/c17-14-2-1-12(23-16(18,19)20)9-13(14)15(11-3-8-24-10-11)22-6-4-21-5-7-22;/h1-3,8-10,15,21H,4-7H2;1H/t15-;/m0./s1. The molecule has 9 heteroatoms. The summed E-state index contributed by atoms with van der Waals surface area (Å²) in [4.78, 5) is 2.06. The van der Waals surface area contributed by atoms with E-state index in [4.69, 9.17) is 0 Å². The molecule has 1 N–H and O–H groups in total. The SMILES string of the molecule is Cl.Fc1ccc(OC(F)(F)F)cc1[C@H](c1ccsc1)N1CCNCC1. The molecular formula is C16H17ClF4N2OS. The predicted octanol–water partition coefficient (Wildman–Crippen LogP) is 4.20. The summed E-state index contributed by atoms with van der Waals surface area (Å²) < 4.78 is 55.8. The maximum Gasteiger partial charge on any atom is 0.573 e. The highest BCUT2D eigenvalue weighted by molar-refractivity contribution is 7.08. The van der Waals surface area contributed by atoms with Crippen LogP contribution >= 0.6 is 23.7 Å². The van der Waals surface area contributed by atoms with E-state index in [0.717, 1.165) is 36.9 Å². The first-order valence-corrected chi connectivity index (χ1v) is 8.40. The lowest BCUT2D eigenvalue weighted by Crippen LogP contribution is -2.45. The van der Waals surface area contributed by atoms with Gasteiger partial charge in [0, 0.05) is 31.7 Å². The number of halogens is 5. The third-order valence-electron chi connectivity index (χ3n) is 3.87. The molecule has 2 aromatic rings. The van der Waals surface area contributed by atoms with Crippen molar-refractivity contribution in [2.45, 2.75) is 12.4 Å². The van der Waals surface area contributed by atoms with Crippen LogP contribution in [0.3, 0.4) is 0 Å². The molecule has 1 saturated heterocycles. The molecule has 138 valence electrons. The Hall–Kier alpha value is -1.35. The number of hydrogen-bond acceptors (Lipinski definition) is 4. The molecule has 3 rings (SSSR count). The zero-order valence-electron chi connectivity index (χ0n) is 13.1.